The highest BCUT2D eigenvalue weighted by Gasteiger charge is 2.35. The molecule has 1 heterocycles. The van der Waals surface area contributed by atoms with Gasteiger partial charge in [-0.25, -0.2) is 4.99 Å². The van der Waals surface area contributed by atoms with E-state index in [1.54, 1.807) is 38.4 Å². The minimum Gasteiger partial charge on any atom is -0.355 e. The number of halogens is 3. The number of amidine groups is 1. The number of nitrogens with one attached hydrogen (secondary N) is 2. The van der Waals surface area contributed by atoms with Crippen molar-refractivity contribution in [3.8, 4) is 11.1 Å². The Kier molecular flexibility index (Phi) is 6.34. The standard InChI is InChI=1S/C26H23F3N4O2/c1-30-24(34)17-5-4-6-19(11-17)31-23-13-18-12-20(21(26(27,28)29)14-22(18)32-23)15-7-9-16(10-8-15)25(35)33(2)3/h4-12,14H,13H2,1-3H3,(H,30,34)(H,31,32). The predicted molar refractivity (Wildman–Crippen MR) is 129 cm³/mol. The van der Waals surface area contributed by atoms with Crippen molar-refractivity contribution in [3.05, 3.63) is 82.9 Å². The highest BCUT2D eigenvalue weighted by Crippen LogP contribution is 2.42. The van der Waals surface area contributed by atoms with E-state index < -0.39 is 11.7 Å². The molecular weight excluding hydrogens is 457 g/mol. The first-order valence-electron chi connectivity index (χ1n) is 10.8. The molecule has 0 aromatic heterocycles. The summed E-state index contributed by atoms with van der Waals surface area (Å²) < 4.78 is 41.9. The van der Waals surface area contributed by atoms with Crippen LogP contribution in [0.25, 0.3) is 11.1 Å². The quantitative estimate of drug-likeness (QED) is 0.544. The normalized spacial score (nSPS) is 12.6. The maximum Gasteiger partial charge on any atom is 0.417 e. The monoisotopic (exact) mass is 480 g/mol. The average molecular weight is 480 g/mol. The SMILES string of the molecule is CNC(=O)c1cccc(NC2=Nc3cc(C(F)(F)F)c(-c4ccc(C(=O)N(C)C)cc4)cc3C2)c1. The first-order valence-corrected chi connectivity index (χ1v) is 10.8. The Morgan fingerprint density at radius 3 is 2.31 bits per heavy atom. The fourth-order valence-corrected chi connectivity index (χ4v) is 3.89. The van der Waals surface area contributed by atoms with Gasteiger partial charge in [0.25, 0.3) is 11.8 Å². The molecule has 180 valence electrons. The summed E-state index contributed by atoms with van der Waals surface area (Å²) in [5.74, 6) is 0.000434. The van der Waals surface area contributed by atoms with Crippen molar-refractivity contribution in [2.24, 2.45) is 4.99 Å². The minimum absolute atomic E-state index is 0.0261. The van der Waals surface area contributed by atoms with Gasteiger partial charge in [-0.1, -0.05) is 18.2 Å². The molecule has 0 saturated heterocycles. The zero-order chi connectivity index (χ0) is 25.3. The molecule has 0 aliphatic carbocycles. The van der Waals surface area contributed by atoms with Gasteiger partial charge in [0.15, 0.2) is 0 Å². The van der Waals surface area contributed by atoms with Crippen molar-refractivity contribution in [1.82, 2.24) is 10.2 Å². The van der Waals surface area contributed by atoms with Gasteiger partial charge in [-0.3, -0.25) is 9.59 Å². The second-order valence-corrected chi connectivity index (χ2v) is 8.32. The average Bonchev–Trinajstić information content (AvgIpc) is 3.23. The van der Waals surface area contributed by atoms with Crippen LogP contribution in [0, 0.1) is 0 Å². The number of carbonyl (C=O) groups is 2. The summed E-state index contributed by atoms with van der Waals surface area (Å²) >= 11 is 0. The summed E-state index contributed by atoms with van der Waals surface area (Å²) in [6, 6.07) is 15.4. The highest BCUT2D eigenvalue weighted by atomic mass is 19.4. The molecule has 6 nitrogen and oxygen atoms in total. The molecule has 3 aromatic rings. The molecule has 35 heavy (non-hydrogen) atoms. The van der Waals surface area contributed by atoms with Crippen LogP contribution in [0.2, 0.25) is 0 Å². The number of amides is 2. The largest absolute Gasteiger partial charge is 0.417 e. The number of aliphatic imine (C=N–C) groups is 1. The van der Waals surface area contributed by atoms with Crippen LogP contribution in [0.3, 0.4) is 0 Å². The number of benzene rings is 3. The number of carbonyl (C=O) groups excluding carboxylic acids is 2. The zero-order valence-corrected chi connectivity index (χ0v) is 19.3. The van der Waals surface area contributed by atoms with E-state index in [-0.39, 0.29) is 23.1 Å². The fraction of sp³-hybridized carbons (Fsp3) is 0.192. The van der Waals surface area contributed by atoms with Gasteiger partial charge in [0.2, 0.25) is 0 Å². The molecule has 2 N–H and O–H groups in total. The maximum atomic E-state index is 14.0. The second kappa shape index (κ2) is 9.25. The molecule has 3 aromatic carbocycles. The number of nitrogens with zero attached hydrogens (tertiary/aromatic N) is 2. The van der Waals surface area contributed by atoms with Crippen LogP contribution < -0.4 is 10.6 Å². The lowest BCUT2D eigenvalue weighted by molar-refractivity contribution is -0.137. The lowest BCUT2D eigenvalue weighted by Crippen LogP contribution is -2.21. The van der Waals surface area contributed by atoms with Gasteiger partial charge >= 0.3 is 6.18 Å². The lowest BCUT2D eigenvalue weighted by Gasteiger charge is -2.16. The molecule has 0 spiro atoms. The number of hydrogen-bond donors (Lipinski definition) is 2. The van der Waals surface area contributed by atoms with Gasteiger partial charge in [0, 0.05) is 44.4 Å². The zero-order valence-electron chi connectivity index (χ0n) is 19.3. The Hall–Kier alpha value is -4.14. The molecule has 2 amide bonds. The first kappa shape index (κ1) is 24.0. The highest BCUT2D eigenvalue weighted by molar-refractivity contribution is 6.03. The van der Waals surface area contributed by atoms with Gasteiger partial charge in [-0.05, 0) is 59.2 Å². The van der Waals surface area contributed by atoms with Crippen LogP contribution in [0.5, 0.6) is 0 Å². The van der Waals surface area contributed by atoms with E-state index in [9.17, 15) is 22.8 Å². The Morgan fingerprint density at radius 2 is 1.69 bits per heavy atom. The number of rotatable bonds is 4. The molecule has 0 bridgehead atoms. The third-order valence-corrected chi connectivity index (χ3v) is 5.63. The van der Waals surface area contributed by atoms with Crippen molar-refractivity contribution >= 4 is 29.0 Å². The van der Waals surface area contributed by atoms with E-state index in [1.165, 1.54) is 42.3 Å². The van der Waals surface area contributed by atoms with Crippen molar-refractivity contribution in [2.75, 3.05) is 26.5 Å². The van der Waals surface area contributed by atoms with E-state index in [1.807, 2.05) is 0 Å². The number of hydrogen-bond acceptors (Lipinski definition) is 4. The smallest absolute Gasteiger partial charge is 0.355 e. The van der Waals surface area contributed by atoms with E-state index in [0.29, 0.717) is 40.2 Å². The summed E-state index contributed by atoms with van der Waals surface area (Å²) in [6.07, 6.45) is -4.28. The van der Waals surface area contributed by atoms with E-state index in [2.05, 4.69) is 15.6 Å². The molecule has 0 radical (unpaired) electrons. The molecule has 0 atom stereocenters. The van der Waals surface area contributed by atoms with Gasteiger partial charge in [0.1, 0.15) is 5.84 Å². The summed E-state index contributed by atoms with van der Waals surface area (Å²) in [4.78, 5) is 29.8. The Bertz CT molecular complexity index is 1330. The van der Waals surface area contributed by atoms with Crippen molar-refractivity contribution < 1.29 is 22.8 Å². The van der Waals surface area contributed by atoms with E-state index >= 15 is 0 Å². The molecule has 4 rings (SSSR count). The third-order valence-electron chi connectivity index (χ3n) is 5.63. The number of alkyl halides is 3. The van der Waals surface area contributed by atoms with Crippen LogP contribution in [-0.2, 0) is 12.6 Å². The summed E-state index contributed by atoms with van der Waals surface area (Å²) in [7, 11) is 4.75. The van der Waals surface area contributed by atoms with Crippen molar-refractivity contribution in [3.63, 3.8) is 0 Å². The van der Waals surface area contributed by atoms with Gasteiger partial charge in [-0.2, -0.15) is 13.2 Å². The fourth-order valence-electron chi connectivity index (χ4n) is 3.89. The number of anilines is 1. The predicted octanol–water partition coefficient (Wildman–Crippen LogP) is 5.13. The van der Waals surface area contributed by atoms with Crippen LogP contribution in [-0.4, -0.2) is 43.7 Å². The number of fused-ring (bicyclic) bond motifs is 1. The third kappa shape index (κ3) is 5.03. The first-order chi connectivity index (χ1) is 16.6. The Morgan fingerprint density at radius 1 is 0.971 bits per heavy atom. The minimum atomic E-state index is -4.59. The molecule has 1 aliphatic rings. The Labute approximate surface area is 200 Å². The molecule has 0 fully saturated rings. The van der Waals surface area contributed by atoms with Crippen molar-refractivity contribution in [1.29, 1.82) is 0 Å². The van der Waals surface area contributed by atoms with E-state index in [0.717, 1.165) is 6.07 Å². The van der Waals surface area contributed by atoms with Crippen molar-refractivity contribution in [2.45, 2.75) is 12.6 Å². The van der Waals surface area contributed by atoms with Gasteiger partial charge in [-0.15, -0.1) is 0 Å². The van der Waals surface area contributed by atoms with Crippen LogP contribution in [0.15, 0.2) is 65.7 Å². The van der Waals surface area contributed by atoms with Gasteiger partial charge in [0.05, 0.1) is 11.3 Å². The molecular formula is C26H23F3N4O2. The van der Waals surface area contributed by atoms with Crippen LogP contribution in [0.4, 0.5) is 24.5 Å². The molecule has 0 unspecified atom stereocenters. The summed E-state index contributed by atoms with van der Waals surface area (Å²) in [5.41, 5.74) is 1.92. The summed E-state index contributed by atoms with van der Waals surface area (Å²) in [5, 5.41) is 5.65. The Balaban J connectivity index is 1.65. The molecule has 9 heteroatoms. The second-order valence-electron chi connectivity index (χ2n) is 8.32. The topological polar surface area (TPSA) is 73.8 Å². The lowest BCUT2D eigenvalue weighted by atomic mass is 9.94. The van der Waals surface area contributed by atoms with Crippen LogP contribution >= 0.6 is 0 Å². The molecule has 0 saturated carbocycles. The van der Waals surface area contributed by atoms with Crippen LogP contribution in [0.1, 0.15) is 31.8 Å². The molecule has 1 aliphatic heterocycles. The maximum absolute atomic E-state index is 14.0. The van der Waals surface area contributed by atoms with E-state index in [4.69, 9.17) is 0 Å². The van der Waals surface area contributed by atoms with Gasteiger partial charge < -0.3 is 15.5 Å². The summed E-state index contributed by atoms with van der Waals surface area (Å²) in [6.45, 7) is 0.